The van der Waals surface area contributed by atoms with Gasteiger partial charge in [0.15, 0.2) is 0 Å². The lowest BCUT2D eigenvalue weighted by Gasteiger charge is -2.21. The van der Waals surface area contributed by atoms with Crippen molar-refractivity contribution >= 4 is 16.7 Å². The molecular weight excluding hydrogens is 295 g/mol. The Labute approximate surface area is 126 Å². The van der Waals surface area contributed by atoms with Crippen molar-refractivity contribution in [2.45, 2.75) is 44.5 Å². The third-order valence-corrected chi connectivity index (χ3v) is 4.02. The van der Waals surface area contributed by atoms with Crippen LogP contribution in [0.1, 0.15) is 54.1 Å². The van der Waals surface area contributed by atoms with Crippen LogP contribution in [-0.2, 0) is 21.2 Å². The Morgan fingerprint density at radius 1 is 1.38 bits per heavy atom. The molecule has 0 saturated heterocycles. The van der Waals surface area contributed by atoms with Gasteiger partial charge in [-0.2, -0.15) is 0 Å². The summed E-state index contributed by atoms with van der Waals surface area (Å²) in [6, 6.07) is 4.67. The molecule has 1 aromatic rings. The maximum Gasteiger partial charge on any atom is 0.337 e. The van der Waals surface area contributed by atoms with E-state index in [4.69, 9.17) is 0 Å². The summed E-state index contributed by atoms with van der Waals surface area (Å²) in [5, 5.41) is 0. The van der Waals surface area contributed by atoms with Crippen molar-refractivity contribution in [3.63, 3.8) is 0 Å². The van der Waals surface area contributed by atoms with Crippen LogP contribution in [0.2, 0.25) is 0 Å². The number of esters is 1. The molecule has 0 aliphatic heterocycles. The first-order valence-corrected chi connectivity index (χ1v) is 8.24. The molecule has 0 aromatic heterocycles. The average molecular weight is 316 g/mol. The molecule has 0 aliphatic rings. The van der Waals surface area contributed by atoms with Crippen LogP contribution in [-0.4, -0.2) is 27.7 Å². The Morgan fingerprint density at radius 2 is 2.05 bits per heavy atom. The summed E-state index contributed by atoms with van der Waals surface area (Å²) in [7, 11) is -1.40. The molecule has 0 bridgehead atoms. The van der Waals surface area contributed by atoms with Gasteiger partial charge in [0.25, 0.3) is 0 Å². The number of methoxy groups -OCH3 is 1. The smallest absolute Gasteiger partial charge is 0.337 e. The summed E-state index contributed by atoms with van der Waals surface area (Å²) in [5.41, 5.74) is 1.39. The number of hydrogen-bond donors (Lipinski definition) is 1. The predicted molar refractivity (Wildman–Crippen MR) is 80.0 cm³/mol. The van der Waals surface area contributed by atoms with Crippen LogP contribution in [0.4, 0.5) is 4.39 Å². The molecule has 0 amide bonds. The fourth-order valence-corrected chi connectivity index (χ4v) is 2.98. The van der Waals surface area contributed by atoms with Crippen LogP contribution in [0, 0.1) is 0 Å². The first-order valence-electron chi connectivity index (χ1n) is 6.87. The van der Waals surface area contributed by atoms with E-state index < -0.39 is 22.8 Å². The highest BCUT2D eigenvalue weighted by molar-refractivity contribution is 7.71. The minimum absolute atomic E-state index is 0.206. The van der Waals surface area contributed by atoms with E-state index in [0.717, 1.165) is 6.42 Å². The van der Waals surface area contributed by atoms with Crippen molar-refractivity contribution < 1.29 is 22.3 Å². The average Bonchev–Trinajstić information content (AvgIpc) is 2.43. The van der Waals surface area contributed by atoms with Gasteiger partial charge in [0.2, 0.25) is 0 Å². The highest BCUT2D eigenvalue weighted by Crippen LogP contribution is 2.31. The normalized spacial score (nSPS) is 14.0. The quantitative estimate of drug-likeness (QED) is 0.621. The number of carbonyl (C=O) groups excluding carboxylic acids is 1. The van der Waals surface area contributed by atoms with E-state index >= 15 is 0 Å². The first-order chi connectivity index (χ1) is 9.90. The van der Waals surface area contributed by atoms with Gasteiger partial charge >= 0.3 is 5.97 Å². The Balaban J connectivity index is 3.31. The van der Waals surface area contributed by atoms with Gasteiger partial charge in [-0.05, 0) is 36.6 Å². The molecule has 2 unspecified atom stereocenters. The molecule has 118 valence electrons. The summed E-state index contributed by atoms with van der Waals surface area (Å²) in [6.45, 7) is 3.42. The first kappa shape index (κ1) is 17.6. The molecule has 21 heavy (non-hydrogen) atoms. The molecule has 0 radical (unpaired) electrons. The molecule has 0 fully saturated rings. The fourth-order valence-electron chi connectivity index (χ4n) is 2.43. The lowest BCUT2D eigenvalue weighted by atomic mass is 9.87. The molecule has 0 N–H and O–H groups in total. The number of alkyl halides is 1. The highest BCUT2D eigenvalue weighted by atomic mass is 32.2. The number of ether oxygens (including phenoxy) is 1. The van der Waals surface area contributed by atoms with E-state index in [-0.39, 0.29) is 17.2 Å². The van der Waals surface area contributed by atoms with Crippen molar-refractivity contribution in [1.29, 1.82) is 0 Å². The Kier molecular flexibility index (Phi) is 6.81. The van der Waals surface area contributed by atoms with E-state index in [1.54, 1.807) is 12.1 Å². The molecule has 1 rings (SSSR count). The van der Waals surface area contributed by atoms with Crippen LogP contribution in [0.5, 0.6) is 0 Å². The third kappa shape index (κ3) is 4.81. The lowest BCUT2D eigenvalue weighted by Crippen LogP contribution is -2.14. The standard InChI is InChI=1S/C15H21FO4S/c1-4-5-13(10(2)16)14-7-6-11(15(17)20-3)8-12(14)9-21(18)19/h6-8,10,13,21H,4-5,9H2,1-3H3. The van der Waals surface area contributed by atoms with Crippen molar-refractivity contribution in [2.24, 2.45) is 0 Å². The molecular formula is C15H21FO4S. The third-order valence-electron chi connectivity index (χ3n) is 3.42. The molecule has 0 spiro atoms. The zero-order valence-corrected chi connectivity index (χ0v) is 13.4. The van der Waals surface area contributed by atoms with Gasteiger partial charge in [-0.1, -0.05) is 19.4 Å². The number of carbonyl (C=O) groups is 1. The van der Waals surface area contributed by atoms with Crippen LogP contribution in [0.15, 0.2) is 18.2 Å². The number of halogens is 1. The summed E-state index contributed by atoms with van der Waals surface area (Å²) in [6.07, 6.45) is 0.329. The number of benzene rings is 1. The Bertz CT molecular complexity index is 559. The molecule has 0 saturated carbocycles. The van der Waals surface area contributed by atoms with Crippen molar-refractivity contribution in [2.75, 3.05) is 7.11 Å². The summed E-state index contributed by atoms with van der Waals surface area (Å²) in [5.74, 6) is -1.11. The molecule has 1 aromatic carbocycles. The van der Waals surface area contributed by atoms with Crippen molar-refractivity contribution in [1.82, 2.24) is 0 Å². The lowest BCUT2D eigenvalue weighted by molar-refractivity contribution is 0.0600. The van der Waals surface area contributed by atoms with Crippen LogP contribution < -0.4 is 0 Å². The number of rotatable bonds is 7. The number of thiol groups is 1. The van der Waals surface area contributed by atoms with Crippen LogP contribution in [0.25, 0.3) is 0 Å². The summed E-state index contributed by atoms with van der Waals surface area (Å²) < 4.78 is 40.6. The van der Waals surface area contributed by atoms with Crippen molar-refractivity contribution in [3.8, 4) is 0 Å². The van der Waals surface area contributed by atoms with Gasteiger partial charge < -0.3 is 4.74 Å². The van der Waals surface area contributed by atoms with E-state index in [2.05, 4.69) is 4.74 Å². The van der Waals surface area contributed by atoms with Gasteiger partial charge in [0.1, 0.15) is 16.9 Å². The largest absolute Gasteiger partial charge is 0.465 e. The van der Waals surface area contributed by atoms with Crippen LogP contribution in [0.3, 0.4) is 0 Å². The SMILES string of the molecule is CCCC(c1ccc(C(=O)OC)cc1C[SH](=O)=O)C(C)F. The molecule has 6 heteroatoms. The number of hydrogen-bond acceptors (Lipinski definition) is 4. The monoisotopic (exact) mass is 316 g/mol. The van der Waals surface area contributed by atoms with E-state index in [9.17, 15) is 17.6 Å². The second kappa shape index (κ2) is 8.12. The van der Waals surface area contributed by atoms with E-state index in [1.165, 1.54) is 20.1 Å². The molecule has 0 aliphatic carbocycles. The van der Waals surface area contributed by atoms with Crippen molar-refractivity contribution in [3.05, 3.63) is 34.9 Å². The maximum atomic E-state index is 13.8. The van der Waals surface area contributed by atoms with Gasteiger partial charge in [0.05, 0.1) is 18.4 Å². The second-order valence-corrected chi connectivity index (χ2v) is 5.95. The molecule has 4 nitrogen and oxygen atoms in total. The van der Waals surface area contributed by atoms with E-state index in [1.807, 2.05) is 6.92 Å². The van der Waals surface area contributed by atoms with Gasteiger partial charge in [-0.3, -0.25) is 0 Å². The van der Waals surface area contributed by atoms with Gasteiger partial charge in [-0.15, -0.1) is 0 Å². The predicted octanol–water partition coefficient (Wildman–Crippen LogP) is 2.83. The Hall–Kier alpha value is -1.43. The van der Waals surface area contributed by atoms with Gasteiger partial charge in [0, 0.05) is 5.92 Å². The second-order valence-electron chi connectivity index (χ2n) is 4.97. The highest BCUT2D eigenvalue weighted by Gasteiger charge is 2.22. The van der Waals surface area contributed by atoms with Crippen LogP contribution >= 0.6 is 0 Å². The summed E-state index contributed by atoms with van der Waals surface area (Å²) in [4.78, 5) is 11.5. The topological polar surface area (TPSA) is 60.4 Å². The zero-order valence-electron chi connectivity index (χ0n) is 12.5. The van der Waals surface area contributed by atoms with E-state index in [0.29, 0.717) is 17.5 Å². The molecule has 2 atom stereocenters. The van der Waals surface area contributed by atoms with Gasteiger partial charge in [-0.25, -0.2) is 17.6 Å². The molecule has 0 heterocycles. The summed E-state index contributed by atoms with van der Waals surface area (Å²) >= 11 is 0. The fraction of sp³-hybridized carbons (Fsp3) is 0.533. The Morgan fingerprint density at radius 3 is 2.52 bits per heavy atom. The zero-order chi connectivity index (χ0) is 16.0. The minimum atomic E-state index is -2.66. The maximum absolute atomic E-state index is 13.8. The minimum Gasteiger partial charge on any atom is -0.465 e.